The zero-order valence-corrected chi connectivity index (χ0v) is 31.5. The predicted octanol–water partition coefficient (Wildman–Crippen LogP) is 7.64. The highest BCUT2D eigenvalue weighted by Gasteiger charge is 2.47. The van der Waals surface area contributed by atoms with Gasteiger partial charge in [0.25, 0.3) is 0 Å². The number of rotatable bonds is 9. The van der Waals surface area contributed by atoms with Gasteiger partial charge in [-0.25, -0.2) is 9.97 Å². The van der Waals surface area contributed by atoms with Crippen LogP contribution in [-0.4, -0.2) is 81.5 Å². The first-order valence-corrected chi connectivity index (χ1v) is 20.0. The number of hydrogen-bond acceptors (Lipinski definition) is 10. The van der Waals surface area contributed by atoms with Crippen molar-refractivity contribution in [2.75, 3.05) is 51.8 Å². The van der Waals surface area contributed by atoms with Crippen molar-refractivity contribution in [3.63, 3.8) is 0 Å². The van der Waals surface area contributed by atoms with Crippen LogP contribution in [0.1, 0.15) is 24.2 Å². The molecule has 0 atom stereocenters. The van der Waals surface area contributed by atoms with E-state index in [1.165, 1.54) is 0 Å². The Morgan fingerprint density at radius 1 is 0.680 bits per heavy atom. The molecule has 0 amide bonds. The lowest BCUT2D eigenvalue weighted by Crippen LogP contribution is -2.56. The number of nitrogens with zero attached hydrogens (tertiary/aromatic N) is 6. The molecule has 0 radical (unpaired) electrons. The maximum Gasteiger partial charge on any atom is 0.119 e. The number of benzene rings is 2. The highest BCUT2D eigenvalue weighted by molar-refractivity contribution is 7.98. The Hall–Kier alpha value is -3.12. The van der Waals surface area contributed by atoms with Crippen LogP contribution in [0, 0.1) is 10.8 Å². The van der Waals surface area contributed by atoms with Gasteiger partial charge in [0.1, 0.15) is 10.1 Å². The summed E-state index contributed by atoms with van der Waals surface area (Å²) in [4.78, 5) is 24.8. The topological polar surface area (TPSA) is 82.1 Å². The zero-order chi connectivity index (χ0) is 34.6. The third kappa shape index (κ3) is 6.33. The van der Waals surface area contributed by atoms with E-state index in [2.05, 4.69) is 33.6 Å². The average Bonchev–Trinajstić information content (AvgIpc) is 3.68. The molecule has 0 aliphatic carbocycles. The van der Waals surface area contributed by atoms with E-state index >= 15 is 0 Å². The minimum atomic E-state index is 0.325. The molecule has 2 N–H and O–H groups in total. The van der Waals surface area contributed by atoms with Gasteiger partial charge in [0.15, 0.2) is 0 Å². The van der Waals surface area contributed by atoms with E-state index in [-0.39, 0.29) is 0 Å². The van der Waals surface area contributed by atoms with Crippen LogP contribution in [-0.2, 0) is 13.1 Å². The van der Waals surface area contributed by atoms with E-state index in [4.69, 9.17) is 43.1 Å². The molecule has 8 nitrogen and oxygen atoms in total. The number of likely N-dealkylation sites (tertiary alicyclic amines) is 2. The van der Waals surface area contributed by atoms with Crippen molar-refractivity contribution in [2.45, 2.75) is 36.0 Å². The Morgan fingerprint density at radius 2 is 1.08 bits per heavy atom. The first kappa shape index (κ1) is 34.0. The van der Waals surface area contributed by atoms with Crippen LogP contribution in [0.3, 0.4) is 0 Å². The van der Waals surface area contributed by atoms with Crippen molar-refractivity contribution in [3.8, 4) is 33.6 Å². The Morgan fingerprint density at radius 3 is 1.44 bits per heavy atom. The molecule has 0 unspecified atom stereocenters. The smallest absolute Gasteiger partial charge is 0.119 e. The summed E-state index contributed by atoms with van der Waals surface area (Å²) in [7, 11) is 0. The second kappa shape index (κ2) is 13.5. The fourth-order valence-electron chi connectivity index (χ4n) is 8.15. The van der Waals surface area contributed by atoms with E-state index < -0.39 is 0 Å². The Labute approximate surface area is 312 Å². The van der Waals surface area contributed by atoms with Gasteiger partial charge in [-0.05, 0) is 25.4 Å². The first-order valence-electron chi connectivity index (χ1n) is 16.8. The van der Waals surface area contributed by atoms with Gasteiger partial charge in [0, 0.05) is 96.8 Å². The highest BCUT2D eigenvalue weighted by atomic mass is 35.5. The molecule has 6 heterocycles. The van der Waals surface area contributed by atoms with Crippen molar-refractivity contribution in [1.82, 2.24) is 40.4 Å². The van der Waals surface area contributed by atoms with Crippen molar-refractivity contribution >= 4 is 46.7 Å². The summed E-state index contributed by atoms with van der Waals surface area (Å²) in [6.07, 6.45) is 9.89. The van der Waals surface area contributed by atoms with Crippen LogP contribution >= 0.6 is 46.7 Å². The molecule has 4 aliphatic heterocycles. The number of hydrogen-bond donors (Lipinski definition) is 2. The minimum Gasteiger partial charge on any atom is -0.388 e. The van der Waals surface area contributed by atoms with Crippen molar-refractivity contribution in [1.29, 1.82) is 0 Å². The summed E-state index contributed by atoms with van der Waals surface area (Å²) >= 11 is 17.6. The molecule has 8 rings (SSSR count). The maximum atomic E-state index is 7.17. The standard InChI is InChI=1S/C38H40Cl2N8S2/c1-23-11-37(17-43-23)19-47(20-37)15-31-35(49-3)45-29(13-41-31)27-9-5-7-25(33(27)39)26-8-6-10-28(34(26)40)30-14-42-32(36(46-30)50-4)16-48-21-38(22-48)12-24(2)44-18-38/h5-10,13-14,43-44H,1-2,11-12,15-22H2,3-4H3. The van der Waals surface area contributed by atoms with Crippen molar-refractivity contribution in [2.24, 2.45) is 10.8 Å². The molecule has 2 spiro atoms. The zero-order valence-electron chi connectivity index (χ0n) is 28.4. The van der Waals surface area contributed by atoms with Crippen molar-refractivity contribution in [3.05, 3.63) is 94.8 Å². The lowest BCUT2D eigenvalue weighted by atomic mass is 9.78. The van der Waals surface area contributed by atoms with Gasteiger partial charge >= 0.3 is 0 Å². The molecule has 50 heavy (non-hydrogen) atoms. The summed E-state index contributed by atoms with van der Waals surface area (Å²) in [6, 6.07) is 12.0. The monoisotopic (exact) mass is 742 g/mol. The molecule has 2 aromatic carbocycles. The van der Waals surface area contributed by atoms with Gasteiger partial charge in [-0.3, -0.25) is 19.8 Å². The molecular formula is C38H40Cl2N8S2. The van der Waals surface area contributed by atoms with E-state index in [9.17, 15) is 0 Å². The molecule has 4 aliphatic rings. The Balaban J connectivity index is 1.01. The number of allylic oxidation sites excluding steroid dienone is 2. The molecule has 12 heteroatoms. The van der Waals surface area contributed by atoms with Crippen LogP contribution in [0.25, 0.3) is 33.6 Å². The molecule has 4 fully saturated rings. The fraction of sp³-hybridized carbons (Fsp3) is 0.368. The molecule has 4 aromatic rings. The predicted molar refractivity (Wildman–Crippen MR) is 206 cm³/mol. The van der Waals surface area contributed by atoms with E-state index in [1.54, 1.807) is 23.5 Å². The second-order valence-electron chi connectivity index (χ2n) is 14.3. The fourth-order valence-corrected chi connectivity index (χ4v) is 9.89. The minimum absolute atomic E-state index is 0.325. The van der Waals surface area contributed by atoms with Gasteiger partial charge in [-0.15, -0.1) is 23.5 Å². The molecule has 0 bridgehead atoms. The molecular weight excluding hydrogens is 704 g/mol. The van der Waals surface area contributed by atoms with E-state index in [0.717, 1.165) is 132 Å². The Kier molecular flexibility index (Phi) is 9.15. The molecule has 0 saturated carbocycles. The van der Waals surface area contributed by atoms with E-state index in [0.29, 0.717) is 20.9 Å². The summed E-state index contributed by atoms with van der Waals surface area (Å²) in [5, 5.41) is 9.84. The van der Waals surface area contributed by atoms with Crippen molar-refractivity contribution < 1.29 is 0 Å². The van der Waals surface area contributed by atoms with E-state index in [1.807, 2.05) is 61.3 Å². The highest BCUT2D eigenvalue weighted by Crippen LogP contribution is 2.44. The third-order valence-corrected chi connectivity index (χ3v) is 12.7. The molecule has 2 aromatic heterocycles. The summed E-state index contributed by atoms with van der Waals surface area (Å²) in [6.45, 7) is 16.0. The van der Waals surface area contributed by atoms with Crippen LogP contribution in [0.2, 0.25) is 10.0 Å². The van der Waals surface area contributed by atoms with Gasteiger partial charge in [-0.1, -0.05) is 72.8 Å². The van der Waals surface area contributed by atoms with Crippen LogP contribution in [0.4, 0.5) is 0 Å². The van der Waals surface area contributed by atoms with Crippen LogP contribution < -0.4 is 10.6 Å². The summed E-state index contributed by atoms with van der Waals surface area (Å²) < 4.78 is 0. The molecule has 4 saturated heterocycles. The normalized spacial score (nSPS) is 19.4. The van der Waals surface area contributed by atoms with Crippen LogP contribution in [0.5, 0.6) is 0 Å². The second-order valence-corrected chi connectivity index (χ2v) is 16.7. The lowest BCUT2D eigenvalue weighted by molar-refractivity contribution is 0.00992. The number of thioether (sulfide) groups is 2. The maximum absolute atomic E-state index is 7.17. The van der Waals surface area contributed by atoms with Crippen LogP contribution in [0.15, 0.2) is 83.4 Å². The summed E-state index contributed by atoms with van der Waals surface area (Å²) in [5.41, 5.74) is 9.71. The van der Waals surface area contributed by atoms with Gasteiger partial charge in [0.2, 0.25) is 0 Å². The largest absolute Gasteiger partial charge is 0.388 e. The lowest BCUT2D eigenvalue weighted by Gasteiger charge is -2.47. The molecule has 258 valence electrons. The van der Waals surface area contributed by atoms with Gasteiger partial charge in [-0.2, -0.15) is 0 Å². The number of halogens is 2. The SMILES string of the molecule is C=C1CC2(CN1)CN(Cc1ncc(-c3cccc(-c4cccc(-c5cnc(CN6CC7(CNC(=C)C7)C6)c(SC)n5)c4Cl)c3Cl)nc1SC)C2. The Bertz CT molecular complexity index is 1860. The summed E-state index contributed by atoms with van der Waals surface area (Å²) in [5.74, 6) is 0. The number of nitrogens with one attached hydrogen (secondary N) is 2. The average molecular weight is 744 g/mol. The number of aromatic nitrogens is 4. The quantitative estimate of drug-likeness (QED) is 0.167. The third-order valence-electron chi connectivity index (χ3n) is 10.4. The van der Waals surface area contributed by atoms with Gasteiger partial charge < -0.3 is 10.6 Å². The van der Waals surface area contributed by atoms with Gasteiger partial charge in [0.05, 0.1) is 45.2 Å². The first-order chi connectivity index (χ1) is 24.2.